The number of hydrogen-bond acceptors (Lipinski definition) is 5. The van der Waals surface area contributed by atoms with E-state index < -0.39 is 7.60 Å². The molecule has 0 aromatic rings. The predicted octanol–water partition coefficient (Wildman–Crippen LogP) is 5.39. The molecular weight excluding hydrogens is 339 g/mol. The summed E-state index contributed by atoms with van der Waals surface area (Å²) in [5, 5.41) is 11.6. The molecule has 0 radical (unpaired) electrons. The summed E-state index contributed by atoms with van der Waals surface area (Å²) in [6, 6.07) is 0. The maximum atomic E-state index is 13.2. The molecule has 0 aliphatic carbocycles. The van der Waals surface area contributed by atoms with Crippen LogP contribution in [0.15, 0.2) is 5.16 Å². The summed E-state index contributed by atoms with van der Waals surface area (Å²) in [7, 11) is -3.27. The molecule has 0 aromatic heterocycles. The first-order chi connectivity index (χ1) is 11.9. The average Bonchev–Trinajstić information content (AvgIpc) is 2.63. The van der Waals surface area contributed by atoms with Gasteiger partial charge in [-0.3, -0.25) is 4.57 Å². The number of nitrogens with zero attached hydrogens (tertiary/aromatic N) is 1. The first-order valence-corrected chi connectivity index (χ1v) is 11.5. The normalized spacial score (nSPS) is 17.2. The Bertz CT molecular complexity index is 405. The fraction of sp³-hybridized carbons (Fsp3) is 0.944. The van der Waals surface area contributed by atoms with Crippen LogP contribution in [0.25, 0.3) is 0 Å². The van der Waals surface area contributed by atoms with E-state index in [4.69, 9.17) is 20.0 Å². The van der Waals surface area contributed by atoms with Gasteiger partial charge in [-0.1, -0.05) is 71.4 Å². The molecule has 150 valence electrons. The summed E-state index contributed by atoms with van der Waals surface area (Å²) in [6.45, 7) is 8.81. The molecule has 0 aliphatic heterocycles. The van der Waals surface area contributed by atoms with Gasteiger partial charge in [0.2, 0.25) is 0 Å². The molecule has 0 spiro atoms. The molecule has 0 saturated heterocycles. The Labute approximate surface area is 154 Å². The number of oxime groups is 1. The quantitative estimate of drug-likeness (QED) is 0.123. The Morgan fingerprint density at radius 3 is 2.08 bits per heavy atom. The molecule has 6 nitrogen and oxygen atoms in total. The van der Waals surface area contributed by atoms with Gasteiger partial charge in [0.1, 0.15) is 6.61 Å². The van der Waals surface area contributed by atoms with Crippen molar-refractivity contribution >= 4 is 13.4 Å². The van der Waals surface area contributed by atoms with Crippen LogP contribution in [0.1, 0.15) is 79.1 Å². The lowest BCUT2D eigenvalue weighted by molar-refractivity contribution is 0.178. The summed E-state index contributed by atoms with van der Waals surface area (Å²) >= 11 is 0. The molecule has 25 heavy (non-hydrogen) atoms. The van der Waals surface area contributed by atoms with Crippen molar-refractivity contribution in [2.75, 3.05) is 19.4 Å². The zero-order valence-corrected chi connectivity index (χ0v) is 17.5. The minimum Gasteiger partial charge on any atom is -0.409 e. The second-order valence-corrected chi connectivity index (χ2v) is 8.89. The van der Waals surface area contributed by atoms with Gasteiger partial charge >= 0.3 is 7.60 Å². The Balaban J connectivity index is 4.88. The fourth-order valence-electron chi connectivity index (χ4n) is 2.69. The first-order valence-electron chi connectivity index (χ1n) is 9.79. The number of nitrogens with two attached hydrogens (primary N) is 1. The van der Waals surface area contributed by atoms with Crippen LogP contribution in [-0.4, -0.2) is 30.4 Å². The Hall–Kier alpha value is -0.580. The van der Waals surface area contributed by atoms with Crippen molar-refractivity contribution in [3.8, 4) is 0 Å². The zero-order chi connectivity index (χ0) is 19.1. The van der Waals surface area contributed by atoms with Gasteiger partial charge in [-0.15, -0.1) is 0 Å². The highest BCUT2D eigenvalue weighted by molar-refractivity contribution is 7.53. The lowest BCUT2D eigenvalue weighted by Gasteiger charge is -2.25. The first kappa shape index (κ1) is 24.4. The van der Waals surface area contributed by atoms with Crippen LogP contribution >= 0.6 is 7.60 Å². The molecule has 0 aliphatic rings. The number of unbranched alkanes of at least 4 members (excludes halogenated alkanes) is 2. The lowest BCUT2D eigenvalue weighted by Crippen LogP contribution is -2.21. The van der Waals surface area contributed by atoms with Crippen LogP contribution in [0, 0.1) is 11.8 Å². The fourth-order valence-corrected chi connectivity index (χ4v) is 4.81. The van der Waals surface area contributed by atoms with E-state index in [1.807, 2.05) is 0 Å². The Morgan fingerprint density at radius 1 is 1.04 bits per heavy atom. The number of rotatable bonds is 16. The molecule has 0 fully saturated rings. The van der Waals surface area contributed by atoms with Crippen molar-refractivity contribution in [3.05, 3.63) is 0 Å². The van der Waals surface area contributed by atoms with Crippen LogP contribution in [-0.2, 0) is 13.6 Å². The SMILES string of the molecule is CCCCC(CC)COP(=O)(CC(CC)CCCC)OCC(N)=NO. The van der Waals surface area contributed by atoms with Gasteiger partial charge in [-0.25, -0.2) is 0 Å². The van der Waals surface area contributed by atoms with E-state index in [9.17, 15) is 4.57 Å². The van der Waals surface area contributed by atoms with Crippen molar-refractivity contribution in [1.29, 1.82) is 0 Å². The van der Waals surface area contributed by atoms with Gasteiger partial charge < -0.3 is 20.0 Å². The molecular formula is C18H39N2O4P. The number of amidine groups is 1. The van der Waals surface area contributed by atoms with E-state index in [1.165, 1.54) is 0 Å². The van der Waals surface area contributed by atoms with E-state index in [0.717, 1.165) is 51.4 Å². The predicted molar refractivity (Wildman–Crippen MR) is 104 cm³/mol. The van der Waals surface area contributed by atoms with Crippen LogP contribution in [0.2, 0.25) is 0 Å². The van der Waals surface area contributed by atoms with Gasteiger partial charge in [0.15, 0.2) is 5.84 Å². The van der Waals surface area contributed by atoms with E-state index in [2.05, 4.69) is 32.9 Å². The summed E-state index contributed by atoms with van der Waals surface area (Å²) in [5.41, 5.74) is 5.47. The second kappa shape index (κ2) is 14.6. The summed E-state index contributed by atoms with van der Waals surface area (Å²) in [5.74, 6) is 0.591. The Morgan fingerprint density at radius 2 is 1.60 bits per heavy atom. The third-order valence-corrected chi connectivity index (χ3v) is 6.64. The summed E-state index contributed by atoms with van der Waals surface area (Å²) < 4.78 is 24.6. The molecule has 0 aromatic carbocycles. The summed E-state index contributed by atoms with van der Waals surface area (Å²) in [6.07, 6.45) is 8.91. The van der Waals surface area contributed by atoms with E-state index in [-0.39, 0.29) is 12.4 Å². The molecule has 0 saturated carbocycles. The molecule has 0 amide bonds. The minimum absolute atomic E-state index is 0.0940. The zero-order valence-electron chi connectivity index (χ0n) is 16.6. The highest BCUT2D eigenvalue weighted by Crippen LogP contribution is 2.51. The topological polar surface area (TPSA) is 94.1 Å². The van der Waals surface area contributed by atoms with Crippen molar-refractivity contribution in [2.45, 2.75) is 79.1 Å². The molecule has 7 heteroatoms. The van der Waals surface area contributed by atoms with Crippen LogP contribution in [0.4, 0.5) is 0 Å². The highest BCUT2D eigenvalue weighted by atomic mass is 31.2. The van der Waals surface area contributed by atoms with Crippen molar-refractivity contribution in [1.82, 2.24) is 0 Å². The molecule has 0 heterocycles. The summed E-state index contributed by atoms with van der Waals surface area (Å²) in [4.78, 5) is 0. The van der Waals surface area contributed by atoms with Gasteiger partial charge in [-0.05, 0) is 24.7 Å². The largest absolute Gasteiger partial charge is 0.409 e. The van der Waals surface area contributed by atoms with E-state index in [1.54, 1.807) is 0 Å². The van der Waals surface area contributed by atoms with Gasteiger partial charge in [0.25, 0.3) is 0 Å². The standard InChI is InChI=1S/C18H39N2O4P/c1-5-9-11-16(7-3)13-23-25(22,24-14-18(19)20-21)15-17(8-4)12-10-6-2/h16-17,21H,5-15H2,1-4H3,(H2,19,20). The van der Waals surface area contributed by atoms with E-state index in [0.29, 0.717) is 24.6 Å². The average molecular weight is 378 g/mol. The third kappa shape index (κ3) is 11.6. The van der Waals surface area contributed by atoms with Crippen LogP contribution < -0.4 is 5.73 Å². The second-order valence-electron chi connectivity index (χ2n) is 6.79. The van der Waals surface area contributed by atoms with Crippen LogP contribution in [0.5, 0.6) is 0 Å². The molecule has 0 bridgehead atoms. The molecule has 3 atom stereocenters. The third-order valence-electron chi connectivity index (χ3n) is 4.61. The monoisotopic (exact) mass is 378 g/mol. The number of hydrogen-bond donors (Lipinski definition) is 2. The smallest absolute Gasteiger partial charge is 0.331 e. The lowest BCUT2D eigenvalue weighted by atomic mass is 10.0. The van der Waals surface area contributed by atoms with Crippen molar-refractivity contribution in [2.24, 2.45) is 22.7 Å². The minimum atomic E-state index is -3.27. The molecule has 0 rings (SSSR count). The maximum absolute atomic E-state index is 13.2. The maximum Gasteiger partial charge on any atom is 0.331 e. The van der Waals surface area contributed by atoms with E-state index >= 15 is 0 Å². The van der Waals surface area contributed by atoms with Crippen molar-refractivity contribution in [3.63, 3.8) is 0 Å². The Kier molecular flexibility index (Phi) is 14.2. The highest BCUT2D eigenvalue weighted by Gasteiger charge is 2.30. The van der Waals surface area contributed by atoms with Gasteiger partial charge in [0, 0.05) is 0 Å². The van der Waals surface area contributed by atoms with Gasteiger partial charge in [0.05, 0.1) is 12.8 Å². The van der Waals surface area contributed by atoms with Crippen LogP contribution in [0.3, 0.4) is 0 Å². The van der Waals surface area contributed by atoms with Crippen molar-refractivity contribution < 1.29 is 18.8 Å². The molecule has 3 N–H and O–H groups in total. The molecule has 3 unspecified atom stereocenters. The van der Waals surface area contributed by atoms with Gasteiger partial charge in [-0.2, -0.15) is 0 Å².